The van der Waals surface area contributed by atoms with Crippen molar-refractivity contribution in [1.29, 1.82) is 0 Å². The number of rotatable bonds is 6. The summed E-state index contributed by atoms with van der Waals surface area (Å²) in [5, 5.41) is 0. The fourth-order valence-electron chi connectivity index (χ4n) is 3.33. The third-order valence-corrected chi connectivity index (χ3v) is 4.57. The molecule has 6 nitrogen and oxygen atoms in total. The van der Waals surface area contributed by atoms with Crippen LogP contribution in [0.5, 0.6) is 0 Å². The zero-order chi connectivity index (χ0) is 16.2. The van der Waals surface area contributed by atoms with E-state index in [1.165, 1.54) is 12.8 Å². The molecule has 0 aliphatic carbocycles. The Labute approximate surface area is 137 Å². The van der Waals surface area contributed by atoms with Crippen LogP contribution in [0.2, 0.25) is 0 Å². The van der Waals surface area contributed by atoms with Crippen molar-refractivity contribution in [3.8, 4) is 0 Å². The van der Waals surface area contributed by atoms with E-state index < -0.39 is 0 Å². The van der Waals surface area contributed by atoms with E-state index >= 15 is 0 Å². The first-order valence-corrected chi connectivity index (χ1v) is 8.67. The minimum Gasteiger partial charge on any atom is -0.382 e. The Kier molecular flexibility index (Phi) is 5.10. The number of aromatic nitrogens is 2. The summed E-state index contributed by atoms with van der Waals surface area (Å²) in [5.74, 6) is 1.51. The molecule has 0 saturated carbocycles. The smallest absolute Gasteiger partial charge is 0.257 e. The number of hydrogen-bond acceptors (Lipinski definition) is 5. The average molecular weight is 318 g/mol. The summed E-state index contributed by atoms with van der Waals surface area (Å²) in [6.07, 6.45) is 5.02. The first kappa shape index (κ1) is 16.2. The highest BCUT2D eigenvalue weighted by Crippen LogP contribution is 2.25. The number of amides is 1. The molecule has 0 bridgehead atoms. The maximum Gasteiger partial charge on any atom is 0.257 e. The van der Waals surface area contributed by atoms with Gasteiger partial charge in [0.15, 0.2) is 0 Å². The third kappa shape index (κ3) is 3.63. The molecule has 0 N–H and O–H groups in total. The molecule has 3 heterocycles. The normalized spacial score (nSPS) is 21.0. The molecule has 1 aromatic rings. The molecule has 1 atom stereocenters. The van der Waals surface area contributed by atoms with E-state index in [0.717, 1.165) is 37.8 Å². The first-order valence-electron chi connectivity index (χ1n) is 8.67. The van der Waals surface area contributed by atoms with Gasteiger partial charge in [-0.2, -0.15) is 0 Å². The molecule has 3 rings (SSSR count). The lowest BCUT2D eigenvalue weighted by Gasteiger charge is -2.30. The number of anilines is 1. The highest BCUT2D eigenvalue weighted by Gasteiger charge is 2.30. The lowest BCUT2D eigenvalue weighted by Crippen LogP contribution is -2.35. The summed E-state index contributed by atoms with van der Waals surface area (Å²) in [7, 11) is 0. The van der Waals surface area contributed by atoms with Crippen molar-refractivity contribution in [2.45, 2.75) is 39.7 Å². The molecule has 1 saturated heterocycles. The van der Waals surface area contributed by atoms with E-state index in [-0.39, 0.29) is 5.91 Å². The largest absolute Gasteiger partial charge is 0.382 e. The minimum absolute atomic E-state index is 0.0510. The number of hydrogen-bond donors (Lipinski definition) is 0. The van der Waals surface area contributed by atoms with Crippen LogP contribution < -0.4 is 4.90 Å². The molecule has 1 amide bonds. The Balaban J connectivity index is 1.65. The van der Waals surface area contributed by atoms with Crippen molar-refractivity contribution in [1.82, 2.24) is 14.9 Å². The number of ether oxygens (including phenoxy) is 1. The number of carbonyl (C=O) groups is 1. The van der Waals surface area contributed by atoms with Gasteiger partial charge in [0.2, 0.25) is 5.95 Å². The first-order chi connectivity index (χ1) is 11.2. The van der Waals surface area contributed by atoms with Crippen LogP contribution >= 0.6 is 0 Å². The van der Waals surface area contributed by atoms with Gasteiger partial charge in [-0.1, -0.05) is 6.92 Å². The molecule has 126 valence electrons. The van der Waals surface area contributed by atoms with Crippen LogP contribution in [-0.4, -0.2) is 53.6 Å². The second-order valence-electron chi connectivity index (χ2n) is 6.50. The molecule has 1 fully saturated rings. The van der Waals surface area contributed by atoms with Crippen molar-refractivity contribution in [3.63, 3.8) is 0 Å². The Morgan fingerprint density at radius 2 is 2.30 bits per heavy atom. The Morgan fingerprint density at radius 1 is 1.43 bits per heavy atom. The van der Waals surface area contributed by atoms with Crippen LogP contribution in [0.1, 0.15) is 49.2 Å². The summed E-state index contributed by atoms with van der Waals surface area (Å²) in [5.41, 5.74) is 1.53. The summed E-state index contributed by atoms with van der Waals surface area (Å²) >= 11 is 0. The molecule has 1 aromatic heterocycles. The van der Waals surface area contributed by atoms with Gasteiger partial charge in [0.05, 0.1) is 17.8 Å². The van der Waals surface area contributed by atoms with Crippen molar-refractivity contribution < 1.29 is 9.53 Å². The molecule has 0 spiro atoms. The van der Waals surface area contributed by atoms with Crippen LogP contribution in [0.25, 0.3) is 0 Å². The lowest BCUT2D eigenvalue weighted by atomic mass is 10.0. The van der Waals surface area contributed by atoms with Gasteiger partial charge in [-0.05, 0) is 32.1 Å². The number of carbonyl (C=O) groups excluding carboxylic acids is 1. The Hall–Kier alpha value is -1.69. The molecular weight excluding hydrogens is 292 g/mol. The van der Waals surface area contributed by atoms with Gasteiger partial charge in [-0.25, -0.2) is 9.97 Å². The monoisotopic (exact) mass is 318 g/mol. The molecular formula is C17H26N4O2. The van der Waals surface area contributed by atoms with Crippen molar-refractivity contribution in [3.05, 3.63) is 17.5 Å². The standard InChI is InChI=1S/C17H26N4O2/c1-3-23-9-5-8-20-12-15-14(16(20)22)10-18-17(19-15)21-7-4-6-13(2)11-21/h10,13H,3-9,11-12H2,1-2H3/t13-/m0/s1. The summed E-state index contributed by atoms with van der Waals surface area (Å²) in [4.78, 5) is 25.6. The van der Waals surface area contributed by atoms with Crippen LogP contribution in [0, 0.1) is 5.92 Å². The second-order valence-corrected chi connectivity index (χ2v) is 6.50. The summed E-state index contributed by atoms with van der Waals surface area (Å²) < 4.78 is 5.34. The van der Waals surface area contributed by atoms with Crippen LogP contribution in [0.15, 0.2) is 6.20 Å². The van der Waals surface area contributed by atoms with Crippen LogP contribution in [0.3, 0.4) is 0 Å². The van der Waals surface area contributed by atoms with Crippen molar-refractivity contribution in [2.24, 2.45) is 5.92 Å². The zero-order valence-electron chi connectivity index (χ0n) is 14.1. The molecule has 2 aliphatic rings. The van der Waals surface area contributed by atoms with Gasteiger partial charge in [0.1, 0.15) is 0 Å². The summed E-state index contributed by atoms with van der Waals surface area (Å²) in [6, 6.07) is 0. The van der Waals surface area contributed by atoms with Gasteiger partial charge in [-0.15, -0.1) is 0 Å². The highest BCUT2D eigenvalue weighted by molar-refractivity contribution is 5.97. The molecule has 6 heteroatoms. The number of piperidine rings is 1. The average Bonchev–Trinajstić information content (AvgIpc) is 2.87. The predicted molar refractivity (Wildman–Crippen MR) is 88.5 cm³/mol. The zero-order valence-corrected chi connectivity index (χ0v) is 14.1. The Morgan fingerprint density at radius 3 is 3.09 bits per heavy atom. The predicted octanol–water partition coefficient (Wildman–Crippen LogP) is 2.10. The van der Waals surface area contributed by atoms with E-state index in [9.17, 15) is 4.79 Å². The van der Waals surface area contributed by atoms with E-state index in [1.807, 2.05) is 11.8 Å². The molecule has 0 aromatic carbocycles. The minimum atomic E-state index is 0.0510. The maximum absolute atomic E-state index is 12.4. The topological polar surface area (TPSA) is 58.6 Å². The molecule has 23 heavy (non-hydrogen) atoms. The quantitative estimate of drug-likeness (QED) is 0.752. The number of fused-ring (bicyclic) bond motifs is 1. The van der Waals surface area contributed by atoms with Gasteiger partial charge in [-0.3, -0.25) is 4.79 Å². The van der Waals surface area contributed by atoms with Crippen molar-refractivity contribution >= 4 is 11.9 Å². The fraction of sp³-hybridized carbons (Fsp3) is 0.706. The molecule has 2 aliphatic heterocycles. The van der Waals surface area contributed by atoms with Gasteiger partial charge in [0, 0.05) is 39.0 Å². The van der Waals surface area contributed by atoms with E-state index in [2.05, 4.69) is 21.8 Å². The number of nitrogens with zero attached hydrogens (tertiary/aromatic N) is 4. The van der Waals surface area contributed by atoms with E-state index in [1.54, 1.807) is 6.20 Å². The molecule has 0 radical (unpaired) electrons. The molecule has 0 unspecified atom stereocenters. The second kappa shape index (κ2) is 7.25. The maximum atomic E-state index is 12.4. The van der Waals surface area contributed by atoms with Gasteiger partial charge >= 0.3 is 0 Å². The third-order valence-electron chi connectivity index (χ3n) is 4.57. The van der Waals surface area contributed by atoms with Gasteiger partial charge < -0.3 is 14.5 Å². The fourth-order valence-corrected chi connectivity index (χ4v) is 3.33. The van der Waals surface area contributed by atoms with Gasteiger partial charge in [0.25, 0.3) is 5.91 Å². The Bertz CT molecular complexity index is 564. The highest BCUT2D eigenvalue weighted by atomic mass is 16.5. The summed E-state index contributed by atoms with van der Waals surface area (Å²) in [6.45, 7) is 8.99. The van der Waals surface area contributed by atoms with E-state index in [0.29, 0.717) is 31.2 Å². The SMILES string of the molecule is CCOCCCN1Cc2nc(N3CCC[C@H](C)C3)ncc2C1=O. The lowest BCUT2D eigenvalue weighted by molar-refractivity contribution is 0.0748. The van der Waals surface area contributed by atoms with Crippen LogP contribution in [0.4, 0.5) is 5.95 Å². The van der Waals surface area contributed by atoms with Crippen molar-refractivity contribution in [2.75, 3.05) is 37.7 Å². The van der Waals surface area contributed by atoms with Crippen LogP contribution in [-0.2, 0) is 11.3 Å². The van der Waals surface area contributed by atoms with E-state index in [4.69, 9.17) is 4.74 Å².